The number of carbonyl (C=O) groups excluding carboxylic acids is 2. The van der Waals surface area contributed by atoms with Gasteiger partial charge in [-0.15, -0.1) is 11.3 Å². The third-order valence-electron chi connectivity index (χ3n) is 6.20. The fourth-order valence-corrected chi connectivity index (χ4v) is 5.91. The second kappa shape index (κ2) is 8.64. The zero-order chi connectivity index (χ0) is 23.0. The van der Waals surface area contributed by atoms with Crippen LogP contribution in [0.3, 0.4) is 0 Å². The number of primary amides is 1. The fourth-order valence-electron chi connectivity index (χ4n) is 4.31. The van der Waals surface area contributed by atoms with Crippen LogP contribution >= 0.6 is 23.6 Å². The van der Waals surface area contributed by atoms with Gasteiger partial charge in [0.2, 0.25) is 0 Å². The molecule has 0 aliphatic heterocycles. The van der Waals surface area contributed by atoms with E-state index in [-0.39, 0.29) is 16.4 Å². The van der Waals surface area contributed by atoms with Gasteiger partial charge in [-0.3, -0.25) is 14.9 Å². The third-order valence-corrected chi connectivity index (χ3v) is 7.58. The first-order valence-electron chi connectivity index (χ1n) is 10.7. The number of benzene rings is 2. The van der Waals surface area contributed by atoms with Crippen LogP contribution in [-0.4, -0.2) is 16.9 Å². The Labute approximate surface area is 197 Å². The summed E-state index contributed by atoms with van der Waals surface area (Å²) in [6.07, 6.45) is 2.77. The van der Waals surface area contributed by atoms with E-state index in [2.05, 4.69) is 31.4 Å². The van der Waals surface area contributed by atoms with E-state index in [0.717, 1.165) is 35.6 Å². The van der Waals surface area contributed by atoms with Gasteiger partial charge in [0.15, 0.2) is 5.11 Å². The molecule has 0 fully saturated rings. The maximum Gasteiger partial charge on any atom is 0.257 e. The van der Waals surface area contributed by atoms with Gasteiger partial charge in [-0.1, -0.05) is 51.1 Å². The van der Waals surface area contributed by atoms with Gasteiger partial charge in [-0.25, -0.2) is 0 Å². The van der Waals surface area contributed by atoms with Gasteiger partial charge >= 0.3 is 0 Å². The Bertz CT molecular complexity index is 1220. The first-order chi connectivity index (χ1) is 15.1. The minimum absolute atomic E-state index is 0.150. The van der Waals surface area contributed by atoms with Gasteiger partial charge < -0.3 is 11.1 Å². The second-order valence-electron chi connectivity index (χ2n) is 9.35. The van der Waals surface area contributed by atoms with E-state index in [4.69, 9.17) is 18.0 Å². The minimum Gasteiger partial charge on any atom is -0.365 e. The summed E-state index contributed by atoms with van der Waals surface area (Å²) >= 11 is 6.90. The van der Waals surface area contributed by atoms with Crippen molar-refractivity contribution in [2.45, 2.75) is 40.0 Å². The van der Waals surface area contributed by atoms with Crippen LogP contribution in [0.25, 0.3) is 10.8 Å². The standard InChI is InChI=1S/C25H27N3O2S2/c1-25(2,3)17-10-11-18-19(13-17)32-23(20(18)21(26)29)28-24(31)27-22(30)16-9-8-14-6-4-5-7-15(14)12-16/h4-9,12,17H,10-11,13H2,1-3H3,(H2,26,29)(H2,27,28,30,31)/t17-/m1/s1. The van der Waals surface area contributed by atoms with E-state index in [0.29, 0.717) is 22.0 Å². The van der Waals surface area contributed by atoms with Crippen molar-refractivity contribution >= 4 is 56.3 Å². The Kier molecular flexibility index (Phi) is 6.05. The lowest BCUT2D eigenvalue weighted by Gasteiger charge is -2.33. The molecule has 0 bridgehead atoms. The van der Waals surface area contributed by atoms with Gasteiger partial charge in [0.25, 0.3) is 11.8 Å². The molecule has 0 saturated carbocycles. The highest BCUT2D eigenvalue weighted by molar-refractivity contribution is 7.80. The normalized spacial score (nSPS) is 15.8. The molecule has 1 heterocycles. The van der Waals surface area contributed by atoms with Crippen molar-refractivity contribution < 1.29 is 9.59 Å². The molecule has 32 heavy (non-hydrogen) atoms. The fraction of sp³-hybridized carbons (Fsp3) is 0.320. The van der Waals surface area contributed by atoms with Crippen molar-refractivity contribution in [2.24, 2.45) is 17.1 Å². The number of hydrogen-bond acceptors (Lipinski definition) is 4. The smallest absolute Gasteiger partial charge is 0.257 e. The Morgan fingerprint density at radius 1 is 1.12 bits per heavy atom. The molecule has 5 nitrogen and oxygen atoms in total. The van der Waals surface area contributed by atoms with Gasteiger partial charge in [0.1, 0.15) is 5.00 Å². The zero-order valence-electron chi connectivity index (χ0n) is 18.5. The van der Waals surface area contributed by atoms with Crippen molar-refractivity contribution in [3.8, 4) is 0 Å². The molecule has 0 spiro atoms. The largest absolute Gasteiger partial charge is 0.365 e. The summed E-state index contributed by atoms with van der Waals surface area (Å²) in [5, 5.41) is 8.59. The Morgan fingerprint density at radius 3 is 2.53 bits per heavy atom. The number of nitrogens with one attached hydrogen (secondary N) is 2. The number of nitrogens with two attached hydrogens (primary N) is 1. The van der Waals surface area contributed by atoms with Crippen LogP contribution in [0.2, 0.25) is 0 Å². The summed E-state index contributed by atoms with van der Waals surface area (Å²) in [6.45, 7) is 6.76. The van der Waals surface area contributed by atoms with Crippen molar-refractivity contribution in [2.75, 3.05) is 5.32 Å². The summed E-state index contributed by atoms with van der Waals surface area (Å²) in [4.78, 5) is 26.1. The molecule has 4 rings (SSSR count). The lowest BCUT2D eigenvalue weighted by molar-refractivity contribution is 0.0975. The van der Waals surface area contributed by atoms with E-state index >= 15 is 0 Å². The highest BCUT2D eigenvalue weighted by atomic mass is 32.1. The number of hydrogen-bond donors (Lipinski definition) is 3. The zero-order valence-corrected chi connectivity index (χ0v) is 20.1. The van der Waals surface area contributed by atoms with Gasteiger partial charge in [0, 0.05) is 10.4 Å². The molecule has 1 aliphatic rings. The van der Waals surface area contributed by atoms with Crippen LogP contribution in [-0.2, 0) is 12.8 Å². The van der Waals surface area contributed by atoms with E-state index in [1.54, 1.807) is 6.07 Å². The number of anilines is 1. The van der Waals surface area contributed by atoms with E-state index in [1.807, 2.05) is 36.4 Å². The lowest BCUT2D eigenvalue weighted by Crippen LogP contribution is -2.34. The third kappa shape index (κ3) is 4.54. The molecule has 7 heteroatoms. The summed E-state index contributed by atoms with van der Waals surface area (Å²) in [5.74, 6) is -0.229. The summed E-state index contributed by atoms with van der Waals surface area (Å²) in [7, 11) is 0. The maximum atomic E-state index is 12.7. The molecule has 2 amide bonds. The molecule has 0 unspecified atom stereocenters. The molecule has 2 aromatic carbocycles. The van der Waals surface area contributed by atoms with Crippen molar-refractivity contribution in [1.29, 1.82) is 0 Å². The quantitative estimate of drug-likeness (QED) is 0.460. The van der Waals surface area contributed by atoms with Gasteiger partial charge in [0.05, 0.1) is 5.56 Å². The van der Waals surface area contributed by atoms with Crippen LogP contribution in [0.15, 0.2) is 42.5 Å². The highest BCUT2D eigenvalue weighted by Gasteiger charge is 2.33. The molecule has 4 N–H and O–H groups in total. The first kappa shape index (κ1) is 22.4. The summed E-state index contributed by atoms with van der Waals surface area (Å²) < 4.78 is 0. The monoisotopic (exact) mass is 465 g/mol. The Morgan fingerprint density at radius 2 is 1.84 bits per heavy atom. The maximum absolute atomic E-state index is 12.7. The van der Waals surface area contributed by atoms with Crippen LogP contribution in [0, 0.1) is 11.3 Å². The molecular weight excluding hydrogens is 438 g/mol. The summed E-state index contributed by atoms with van der Waals surface area (Å²) in [5.41, 5.74) is 7.96. The van der Waals surface area contributed by atoms with Crippen LogP contribution in [0.5, 0.6) is 0 Å². The molecule has 1 atom stereocenters. The van der Waals surface area contributed by atoms with Crippen molar-refractivity contribution in [1.82, 2.24) is 5.32 Å². The molecule has 1 aliphatic carbocycles. The van der Waals surface area contributed by atoms with Crippen molar-refractivity contribution in [3.05, 3.63) is 64.0 Å². The lowest BCUT2D eigenvalue weighted by atomic mass is 9.72. The summed E-state index contributed by atoms with van der Waals surface area (Å²) in [6, 6.07) is 13.4. The van der Waals surface area contributed by atoms with E-state index in [9.17, 15) is 9.59 Å². The first-order valence-corrected chi connectivity index (χ1v) is 11.9. The molecule has 0 radical (unpaired) electrons. The molecular formula is C25H27N3O2S2. The second-order valence-corrected chi connectivity index (χ2v) is 10.9. The average Bonchev–Trinajstić information content (AvgIpc) is 3.09. The number of fused-ring (bicyclic) bond motifs is 2. The topological polar surface area (TPSA) is 84.2 Å². The van der Waals surface area contributed by atoms with Gasteiger partial charge in [-0.05, 0) is 71.3 Å². The predicted molar refractivity (Wildman–Crippen MR) is 135 cm³/mol. The van der Waals surface area contributed by atoms with Crippen LogP contribution in [0.4, 0.5) is 5.00 Å². The molecule has 1 aromatic heterocycles. The highest BCUT2D eigenvalue weighted by Crippen LogP contribution is 2.44. The van der Waals surface area contributed by atoms with E-state index < -0.39 is 5.91 Å². The van der Waals surface area contributed by atoms with Crippen molar-refractivity contribution in [3.63, 3.8) is 0 Å². The SMILES string of the molecule is CC(C)(C)[C@@H]1CCc2c(sc(NC(=S)NC(=O)c3ccc4ccccc4c3)c2C(N)=O)C1. The Balaban J connectivity index is 1.52. The predicted octanol–water partition coefficient (Wildman–Crippen LogP) is 5.28. The molecule has 3 aromatic rings. The number of rotatable bonds is 3. The number of thiocarbonyl (C=S) groups is 1. The molecule has 166 valence electrons. The Hall–Kier alpha value is -2.77. The number of thiophene rings is 1. The molecule has 0 saturated heterocycles. The minimum atomic E-state index is -0.470. The van der Waals surface area contributed by atoms with Crippen LogP contribution < -0.4 is 16.4 Å². The number of amides is 2. The van der Waals surface area contributed by atoms with Crippen LogP contribution in [0.1, 0.15) is 58.3 Å². The number of carbonyl (C=O) groups is 2. The van der Waals surface area contributed by atoms with E-state index in [1.165, 1.54) is 16.2 Å². The average molecular weight is 466 g/mol. The van der Waals surface area contributed by atoms with Gasteiger partial charge in [-0.2, -0.15) is 0 Å².